The summed E-state index contributed by atoms with van der Waals surface area (Å²) in [5.74, 6) is -0.587. The number of sulfonamides is 1. The van der Waals surface area contributed by atoms with Gasteiger partial charge in [-0.3, -0.25) is 4.79 Å². The quantitative estimate of drug-likeness (QED) is 0.335. The van der Waals surface area contributed by atoms with Crippen LogP contribution in [0.4, 0.5) is 30.6 Å². The fraction of sp³-hybridized carbons (Fsp3) is 0.522. The van der Waals surface area contributed by atoms with Crippen LogP contribution < -0.4 is 15.4 Å². The Kier molecular flexibility index (Phi) is 8.65. The van der Waals surface area contributed by atoms with E-state index < -0.39 is 33.2 Å². The van der Waals surface area contributed by atoms with E-state index in [0.29, 0.717) is 31.4 Å². The first-order valence-corrected chi connectivity index (χ1v) is 13.5. The Morgan fingerprint density at radius 3 is 2.57 bits per heavy atom. The van der Waals surface area contributed by atoms with Gasteiger partial charge in [0.05, 0.1) is 18.3 Å². The van der Waals surface area contributed by atoms with Crippen molar-refractivity contribution in [3.63, 3.8) is 0 Å². The van der Waals surface area contributed by atoms with Crippen LogP contribution in [0.5, 0.6) is 0 Å². The van der Waals surface area contributed by atoms with Gasteiger partial charge in [-0.05, 0) is 49.9 Å². The molecular formula is C23H31F3N6O4S. The molecule has 3 rings (SSSR count). The van der Waals surface area contributed by atoms with Gasteiger partial charge in [-0.15, -0.1) is 0 Å². The molecule has 0 saturated carbocycles. The zero-order valence-electron chi connectivity index (χ0n) is 20.8. The minimum atomic E-state index is -4.67. The van der Waals surface area contributed by atoms with Gasteiger partial charge in [0.1, 0.15) is 11.4 Å². The average molecular weight is 545 g/mol. The lowest BCUT2D eigenvalue weighted by molar-refractivity contribution is -0.137. The highest BCUT2D eigenvalue weighted by atomic mass is 32.2. The number of aromatic nitrogens is 2. The highest BCUT2D eigenvalue weighted by molar-refractivity contribution is 7.88. The van der Waals surface area contributed by atoms with Crippen LogP contribution in [0.15, 0.2) is 24.4 Å². The number of hydrogen-bond acceptors (Lipinski definition) is 8. The first-order valence-electron chi connectivity index (χ1n) is 11.6. The van der Waals surface area contributed by atoms with Crippen LogP contribution in [0.2, 0.25) is 0 Å². The summed E-state index contributed by atoms with van der Waals surface area (Å²) < 4.78 is 64.8. The Bertz CT molecular complexity index is 1230. The Hall–Kier alpha value is -2.97. The predicted molar refractivity (Wildman–Crippen MR) is 133 cm³/mol. The molecule has 1 aliphatic heterocycles. The van der Waals surface area contributed by atoms with E-state index in [1.807, 2.05) is 12.1 Å². The van der Waals surface area contributed by atoms with Crippen LogP contribution in [-0.4, -0.2) is 65.8 Å². The zero-order chi connectivity index (χ0) is 27.4. The van der Waals surface area contributed by atoms with Crippen molar-refractivity contribution in [2.24, 2.45) is 0 Å². The second kappa shape index (κ2) is 11.2. The van der Waals surface area contributed by atoms with E-state index in [0.717, 1.165) is 17.4 Å². The number of anilines is 3. The third-order valence-corrected chi connectivity index (χ3v) is 6.24. The lowest BCUT2D eigenvalue weighted by atomic mass is 9.97. The van der Waals surface area contributed by atoms with E-state index in [-0.39, 0.29) is 37.8 Å². The van der Waals surface area contributed by atoms with Crippen molar-refractivity contribution < 1.29 is 31.5 Å². The number of benzene rings is 1. The van der Waals surface area contributed by atoms with Crippen LogP contribution in [0.1, 0.15) is 43.4 Å². The van der Waals surface area contributed by atoms with Gasteiger partial charge >= 0.3 is 6.18 Å². The Balaban J connectivity index is 1.69. The maximum Gasteiger partial charge on any atom is 0.421 e. The molecule has 1 aliphatic rings. The van der Waals surface area contributed by atoms with Crippen molar-refractivity contribution in [1.29, 1.82) is 0 Å². The smallest absolute Gasteiger partial charge is 0.390 e. The van der Waals surface area contributed by atoms with E-state index in [9.17, 15) is 31.5 Å². The molecule has 0 radical (unpaired) electrons. The number of fused-ring (bicyclic) bond motifs is 1. The van der Waals surface area contributed by atoms with Crippen LogP contribution in [0.3, 0.4) is 0 Å². The van der Waals surface area contributed by atoms with E-state index in [2.05, 4.69) is 25.3 Å². The molecule has 1 amide bonds. The molecule has 10 nitrogen and oxygen atoms in total. The predicted octanol–water partition coefficient (Wildman–Crippen LogP) is 2.64. The number of hydrogen-bond donors (Lipinski definition) is 4. The number of nitrogens with zero attached hydrogens (tertiary/aromatic N) is 3. The second-order valence-electron chi connectivity index (χ2n) is 9.56. The zero-order valence-corrected chi connectivity index (χ0v) is 21.6. The molecule has 14 heteroatoms. The number of rotatable bonds is 10. The van der Waals surface area contributed by atoms with E-state index in [1.165, 1.54) is 0 Å². The van der Waals surface area contributed by atoms with E-state index >= 15 is 0 Å². The minimum absolute atomic E-state index is 0.0256. The molecular weight excluding hydrogens is 513 g/mol. The van der Waals surface area contributed by atoms with Gasteiger partial charge in [0.15, 0.2) is 0 Å². The average Bonchev–Trinajstić information content (AvgIpc) is 2.76. The highest BCUT2D eigenvalue weighted by Crippen LogP contribution is 2.34. The molecule has 0 fully saturated rings. The van der Waals surface area contributed by atoms with Gasteiger partial charge < -0.3 is 20.6 Å². The number of carbonyl (C=O) groups is 1. The summed E-state index contributed by atoms with van der Waals surface area (Å²) in [6.07, 6.45) is -2.12. The summed E-state index contributed by atoms with van der Waals surface area (Å²) in [5, 5.41) is 15.5. The van der Waals surface area contributed by atoms with E-state index in [4.69, 9.17) is 0 Å². The summed E-state index contributed by atoms with van der Waals surface area (Å²) in [6, 6.07) is 5.41. The van der Waals surface area contributed by atoms with Crippen molar-refractivity contribution in [2.75, 3.05) is 36.5 Å². The van der Waals surface area contributed by atoms with Gasteiger partial charge in [0.2, 0.25) is 21.9 Å². The monoisotopic (exact) mass is 544 g/mol. The normalized spacial score (nSPS) is 14.3. The molecule has 204 valence electrons. The molecule has 0 aliphatic carbocycles. The third kappa shape index (κ3) is 8.83. The number of halogens is 3. The molecule has 0 unspecified atom stereocenters. The molecule has 0 bridgehead atoms. The molecule has 0 spiro atoms. The maximum absolute atomic E-state index is 13.4. The lowest BCUT2D eigenvalue weighted by Crippen LogP contribution is -2.39. The molecule has 0 atom stereocenters. The number of nitrogens with one attached hydrogen (secondary N) is 3. The van der Waals surface area contributed by atoms with Gasteiger partial charge in [-0.1, -0.05) is 6.07 Å². The van der Waals surface area contributed by atoms with Crippen molar-refractivity contribution in [1.82, 2.24) is 19.6 Å². The molecule has 1 aromatic carbocycles. The number of alkyl halides is 3. The first kappa shape index (κ1) is 28.6. The summed E-state index contributed by atoms with van der Waals surface area (Å²) in [5.41, 5.74) is 0.391. The maximum atomic E-state index is 13.4. The van der Waals surface area contributed by atoms with Crippen LogP contribution in [-0.2, 0) is 34.0 Å². The van der Waals surface area contributed by atoms with Gasteiger partial charge in [-0.2, -0.15) is 18.2 Å². The SMILES string of the molecule is CC(C)(O)CC(=O)N1CCc2cc(Nc3ncc(C(F)(F)F)c(NCCCNS(C)(=O)=O)n3)ccc2C1. The van der Waals surface area contributed by atoms with Gasteiger partial charge in [-0.25, -0.2) is 18.1 Å². The van der Waals surface area contributed by atoms with Gasteiger partial charge in [0.25, 0.3) is 0 Å². The fourth-order valence-corrected chi connectivity index (χ4v) is 4.31. The second-order valence-corrected chi connectivity index (χ2v) is 11.4. The molecule has 2 heterocycles. The van der Waals surface area contributed by atoms with Crippen molar-refractivity contribution in [3.8, 4) is 0 Å². The van der Waals surface area contributed by atoms with E-state index in [1.54, 1.807) is 24.8 Å². The Morgan fingerprint density at radius 2 is 1.92 bits per heavy atom. The molecule has 2 aromatic rings. The van der Waals surface area contributed by atoms with Crippen molar-refractivity contribution in [3.05, 3.63) is 41.1 Å². The first-order chi connectivity index (χ1) is 17.1. The summed E-state index contributed by atoms with van der Waals surface area (Å²) in [6.45, 7) is 4.19. The van der Waals surface area contributed by atoms with Crippen LogP contribution >= 0.6 is 0 Å². The number of aliphatic hydroxyl groups is 1. The van der Waals surface area contributed by atoms with Crippen molar-refractivity contribution >= 4 is 33.4 Å². The third-order valence-electron chi connectivity index (χ3n) is 5.52. The topological polar surface area (TPSA) is 137 Å². The molecule has 37 heavy (non-hydrogen) atoms. The highest BCUT2D eigenvalue weighted by Gasteiger charge is 2.35. The minimum Gasteiger partial charge on any atom is -0.390 e. The van der Waals surface area contributed by atoms with Gasteiger partial charge in [0, 0.05) is 38.1 Å². The molecule has 0 saturated heterocycles. The Labute approximate surface area is 213 Å². The van der Waals surface area contributed by atoms with Crippen molar-refractivity contribution in [2.45, 2.75) is 51.4 Å². The van der Waals surface area contributed by atoms with Crippen LogP contribution in [0, 0.1) is 0 Å². The number of amides is 1. The van der Waals surface area contributed by atoms with Crippen LogP contribution in [0.25, 0.3) is 0 Å². The Morgan fingerprint density at radius 1 is 1.19 bits per heavy atom. The fourth-order valence-electron chi connectivity index (χ4n) is 3.79. The standard InChI is InChI=1S/C23H31F3N6O4S/c1-22(2,34)12-19(33)32-10-7-15-11-17(6-5-16(15)14-32)30-21-28-13-18(23(24,25)26)20(31-21)27-8-4-9-29-37(3,35)36/h5-6,11,13,29,34H,4,7-10,12,14H2,1-3H3,(H2,27,28,30,31). The number of carbonyl (C=O) groups excluding carboxylic acids is 1. The molecule has 1 aromatic heterocycles. The largest absolute Gasteiger partial charge is 0.421 e. The molecule has 4 N–H and O–H groups in total. The lowest BCUT2D eigenvalue weighted by Gasteiger charge is -2.31. The summed E-state index contributed by atoms with van der Waals surface area (Å²) >= 11 is 0. The summed E-state index contributed by atoms with van der Waals surface area (Å²) in [7, 11) is -3.39. The summed E-state index contributed by atoms with van der Waals surface area (Å²) in [4.78, 5) is 21.9.